The summed E-state index contributed by atoms with van der Waals surface area (Å²) in [6.45, 7) is 4.95. The van der Waals surface area contributed by atoms with Gasteiger partial charge in [-0.3, -0.25) is 0 Å². The molecule has 32 heavy (non-hydrogen) atoms. The highest BCUT2D eigenvalue weighted by molar-refractivity contribution is 5.68. The van der Waals surface area contributed by atoms with Gasteiger partial charge in [-0.25, -0.2) is 13.8 Å². The maximum Gasteiger partial charge on any atom is 0.188 e. The Hall–Kier alpha value is -3.50. The normalized spacial score (nSPS) is 10.7. The topological polar surface area (TPSA) is 64.4 Å². The number of nitrogens with zero attached hydrogens (tertiary/aromatic N) is 2. The maximum absolute atomic E-state index is 14.9. The zero-order valence-electron chi connectivity index (χ0n) is 18.5. The van der Waals surface area contributed by atoms with Gasteiger partial charge in [0.1, 0.15) is 23.3 Å². The molecule has 0 aliphatic heterocycles. The first-order chi connectivity index (χ1) is 15.4. The van der Waals surface area contributed by atoms with E-state index < -0.39 is 5.82 Å². The Morgan fingerprint density at radius 2 is 1.75 bits per heavy atom. The highest BCUT2D eigenvalue weighted by atomic mass is 19.1. The quantitative estimate of drug-likeness (QED) is 0.439. The van der Waals surface area contributed by atoms with E-state index in [0.717, 1.165) is 11.1 Å². The summed E-state index contributed by atoms with van der Waals surface area (Å²) < 4.78 is 45.4. The van der Waals surface area contributed by atoms with Gasteiger partial charge in [-0.15, -0.1) is 0 Å². The SMILES string of the molecule is COCOc1ccc(Cc2c(C)cc(OCC#N)c(F)c2C)nc1-c1cccc(C)c1F. The van der Waals surface area contributed by atoms with Crippen molar-refractivity contribution < 1.29 is 23.0 Å². The van der Waals surface area contributed by atoms with E-state index >= 15 is 0 Å². The van der Waals surface area contributed by atoms with E-state index in [0.29, 0.717) is 40.2 Å². The summed E-state index contributed by atoms with van der Waals surface area (Å²) in [5.41, 5.74) is 3.77. The van der Waals surface area contributed by atoms with Crippen LogP contribution in [0.3, 0.4) is 0 Å². The summed E-state index contributed by atoms with van der Waals surface area (Å²) in [5.74, 6) is -0.452. The molecule has 0 radical (unpaired) electrons. The highest BCUT2D eigenvalue weighted by Gasteiger charge is 2.18. The summed E-state index contributed by atoms with van der Waals surface area (Å²) >= 11 is 0. The van der Waals surface area contributed by atoms with Gasteiger partial charge in [-0.2, -0.15) is 5.26 Å². The number of pyridine rings is 1. The summed E-state index contributed by atoms with van der Waals surface area (Å²) in [7, 11) is 1.50. The molecule has 0 aliphatic rings. The molecule has 0 spiro atoms. The summed E-state index contributed by atoms with van der Waals surface area (Å²) in [5, 5.41) is 8.69. The number of benzene rings is 2. The molecule has 0 saturated heterocycles. The predicted octanol–water partition coefficient (Wildman–Crippen LogP) is 5.43. The highest BCUT2D eigenvalue weighted by Crippen LogP contribution is 2.33. The van der Waals surface area contributed by atoms with E-state index in [1.165, 1.54) is 7.11 Å². The van der Waals surface area contributed by atoms with Gasteiger partial charge in [0.15, 0.2) is 25.0 Å². The molecular weight excluding hydrogens is 414 g/mol. The summed E-state index contributed by atoms with van der Waals surface area (Å²) in [6, 6.07) is 12.0. The number of halogens is 2. The zero-order chi connectivity index (χ0) is 23.3. The third-order valence-electron chi connectivity index (χ3n) is 5.17. The smallest absolute Gasteiger partial charge is 0.188 e. The molecule has 1 aromatic heterocycles. The molecule has 0 atom stereocenters. The Balaban J connectivity index is 2.04. The van der Waals surface area contributed by atoms with Crippen LogP contribution in [0.1, 0.15) is 27.9 Å². The van der Waals surface area contributed by atoms with E-state index in [4.69, 9.17) is 19.5 Å². The van der Waals surface area contributed by atoms with Gasteiger partial charge in [0, 0.05) is 24.8 Å². The molecule has 0 amide bonds. The molecule has 3 rings (SSSR count). The molecule has 0 N–H and O–H groups in total. The molecule has 166 valence electrons. The van der Waals surface area contributed by atoms with Crippen LogP contribution in [0.5, 0.6) is 11.5 Å². The summed E-state index contributed by atoms with van der Waals surface area (Å²) in [6.07, 6.45) is 0.331. The van der Waals surface area contributed by atoms with E-state index in [1.807, 2.05) is 13.0 Å². The lowest BCUT2D eigenvalue weighted by molar-refractivity contribution is 0.0513. The van der Waals surface area contributed by atoms with Crippen LogP contribution in [0, 0.1) is 43.7 Å². The molecule has 0 saturated carbocycles. The number of nitriles is 1. The second-order valence-corrected chi connectivity index (χ2v) is 7.37. The fraction of sp³-hybridized carbons (Fsp3) is 0.280. The molecule has 0 unspecified atom stereocenters. The van der Waals surface area contributed by atoms with E-state index in [1.54, 1.807) is 50.2 Å². The minimum atomic E-state index is -0.508. The first kappa shape index (κ1) is 23.2. The van der Waals surface area contributed by atoms with Gasteiger partial charge in [-0.05, 0) is 67.3 Å². The standard InChI is InChI=1S/C25H24F2N2O3/c1-15-6-5-7-19(23(15)26)25-21(32-14-30-4)9-8-18(29-25)13-20-16(2)12-22(31-11-10-28)24(27)17(20)3/h5-9,12H,11,13-14H2,1-4H3. The van der Waals surface area contributed by atoms with Crippen LogP contribution < -0.4 is 9.47 Å². The lowest BCUT2D eigenvalue weighted by atomic mass is 9.96. The Bertz CT molecular complexity index is 1170. The first-order valence-electron chi connectivity index (χ1n) is 10.0. The van der Waals surface area contributed by atoms with Crippen molar-refractivity contribution in [1.29, 1.82) is 5.26 Å². The van der Waals surface area contributed by atoms with Crippen LogP contribution in [0.4, 0.5) is 8.78 Å². The minimum absolute atomic E-state index is 0.00491. The Labute approximate surface area is 186 Å². The van der Waals surface area contributed by atoms with Gasteiger partial charge in [0.25, 0.3) is 0 Å². The average Bonchev–Trinajstić information content (AvgIpc) is 2.79. The average molecular weight is 438 g/mol. The van der Waals surface area contributed by atoms with Crippen molar-refractivity contribution >= 4 is 0 Å². The van der Waals surface area contributed by atoms with E-state index in [9.17, 15) is 8.78 Å². The van der Waals surface area contributed by atoms with Crippen LogP contribution >= 0.6 is 0 Å². The third-order valence-corrected chi connectivity index (χ3v) is 5.17. The fourth-order valence-electron chi connectivity index (χ4n) is 3.48. The number of rotatable bonds is 8. The van der Waals surface area contributed by atoms with Crippen LogP contribution in [0.15, 0.2) is 36.4 Å². The molecule has 0 aliphatic carbocycles. The fourth-order valence-corrected chi connectivity index (χ4v) is 3.48. The Morgan fingerprint density at radius 1 is 0.969 bits per heavy atom. The van der Waals surface area contributed by atoms with E-state index in [-0.39, 0.29) is 25.0 Å². The number of aromatic nitrogens is 1. The second kappa shape index (κ2) is 10.2. The number of aryl methyl sites for hydroxylation is 2. The van der Waals surface area contributed by atoms with Crippen LogP contribution in [-0.2, 0) is 11.2 Å². The lowest BCUT2D eigenvalue weighted by Gasteiger charge is -2.16. The van der Waals surface area contributed by atoms with E-state index in [2.05, 4.69) is 4.98 Å². The van der Waals surface area contributed by atoms with Gasteiger partial charge in [0.2, 0.25) is 0 Å². The molecule has 1 heterocycles. The number of hydrogen-bond acceptors (Lipinski definition) is 5. The molecule has 5 nitrogen and oxygen atoms in total. The van der Waals surface area contributed by atoms with Crippen LogP contribution in [0.25, 0.3) is 11.3 Å². The second-order valence-electron chi connectivity index (χ2n) is 7.37. The largest absolute Gasteiger partial charge is 0.476 e. The van der Waals surface area contributed by atoms with Gasteiger partial charge in [0.05, 0.1) is 0 Å². The Morgan fingerprint density at radius 3 is 2.47 bits per heavy atom. The van der Waals surface area contributed by atoms with Crippen molar-refractivity contribution in [3.63, 3.8) is 0 Å². The van der Waals surface area contributed by atoms with Gasteiger partial charge in [-0.1, -0.05) is 12.1 Å². The number of methoxy groups -OCH3 is 1. The van der Waals surface area contributed by atoms with Crippen LogP contribution in [-0.4, -0.2) is 25.5 Å². The van der Waals surface area contributed by atoms with Gasteiger partial charge < -0.3 is 14.2 Å². The molecule has 0 fully saturated rings. The molecule has 3 aromatic rings. The van der Waals surface area contributed by atoms with Crippen LogP contribution in [0.2, 0.25) is 0 Å². The van der Waals surface area contributed by atoms with Crippen molar-refractivity contribution in [3.05, 3.63) is 76.0 Å². The lowest BCUT2D eigenvalue weighted by Crippen LogP contribution is -2.06. The number of hydrogen-bond donors (Lipinski definition) is 0. The maximum atomic E-state index is 14.9. The Kier molecular flexibility index (Phi) is 7.39. The van der Waals surface area contributed by atoms with Gasteiger partial charge >= 0.3 is 0 Å². The first-order valence-corrected chi connectivity index (χ1v) is 10.0. The monoisotopic (exact) mass is 438 g/mol. The molecule has 0 bridgehead atoms. The number of ether oxygens (including phenoxy) is 3. The summed E-state index contributed by atoms with van der Waals surface area (Å²) in [4.78, 5) is 4.66. The van der Waals surface area contributed by atoms with Crippen molar-refractivity contribution in [1.82, 2.24) is 4.98 Å². The zero-order valence-corrected chi connectivity index (χ0v) is 18.5. The van der Waals surface area contributed by atoms with Crippen molar-refractivity contribution in [3.8, 4) is 28.8 Å². The van der Waals surface area contributed by atoms with Crippen molar-refractivity contribution in [2.75, 3.05) is 20.5 Å². The molecular formula is C25H24F2N2O3. The molecule has 2 aromatic carbocycles. The minimum Gasteiger partial charge on any atom is -0.476 e. The predicted molar refractivity (Wildman–Crippen MR) is 117 cm³/mol. The third kappa shape index (κ3) is 4.87. The van der Waals surface area contributed by atoms with Crippen molar-refractivity contribution in [2.24, 2.45) is 0 Å². The molecule has 7 heteroatoms. The van der Waals surface area contributed by atoms with Crippen molar-refractivity contribution in [2.45, 2.75) is 27.2 Å².